The Bertz CT molecular complexity index is 2180. The van der Waals surface area contributed by atoms with E-state index in [-0.39, 0.29) is 82.8 Å². The van der Waals surface area contributed by atoms with Crippen LogP contribution in [-0.2, 0) is 9.59 Å². The molecule has 8 atom stereocenters. The highest BCUT2D eigenvalue weighted by Gasteiger charge is 2.64. The topological polar surface area (TPSA) is 171 Å². The predicted molar refractivity (Wildman–Crippen MR) is 263 cm³/mol. The van der Waals surface area contributed by atoms with Crippen LogP contribution in [0.4, 0.5) is 0 Å². The molecule has 6 N–H and O–H groups in total. The number of amides is 2. The molecule has 6 fully saturated rings. The third kappa shape index (κ3) is 9.58. The summed E-state index contributed by atoms with van der Waals surface area (Å²) < 4.78 is 13.1. The van der Waals surface area contributed by atoms with Crippen LogP contribution in [-0.4, -0.2) is 138 Å². The van der Waals surface area contributed by atoms with Crippen molar-refractivity contribution < 1.29 is 19.1 Å². The highest BCUT2D eigenvalue weighted by atomic mass is 35.5. The molecule has 1 saturated carbocycles. The summed E-state index contributed by atoms with van der Waals surface area (Å²) in [4.78, 5) is 39.7. The molecular weight excluding hydrogens is 886 g/mol. The third-order valence-corrected chi connectivity index (χ3v) is 18.1. The smallest absolute Gasteiger partial charge is 0.225 e. The van der Waals surface area contributed by atoms with Crippen LogP contribution in [0.5, 0.6) is 11.5 Å². The zero-order valence-corrected chi connectivity index (χ0v) is 42.1. The number of piperidine rings is 1. The number of carbonyl (C=O) groups is 2. The Morgan fingerprint density at radius 1 is 0.940 bits per heavy atom. The van der Waals surface area contributed by atoms with Gasteiger partial charge in [0.15, 0.2) is 0 Å². The molecule has 2 amide bonds. The number of hydrazine groups is 1. The second-order valence-corrected chi connectivity index (χ2v) is 23.2. The maximum Gasteiger partial charge on any atom is 0.225 e. The van der Waals surface area contributed by atoms with Gasteiger partial charge in [0, 0.05) is 91.7 Å². The van der Waals surface area contributed by atoms with Gasteiger partial charge in [0.25, 0.3) is 0 Å². The van der Waals surface area contributed by atoms with Crippen molar-refractivity contribution in [3.8, 4) is 17.6 Å². The SMILES string of the molecule is CCNC(=O)C[C@@H]1N=C(c2ccc(OC3CCN(C4CCN(C5NCC(C(=O)NC6C(C)(C)C(Oc7ccc(C#N)c(Cl)c7)C6(C)C)CN5)CC4)C3)cc2)C2C(C)C(C)SC2N2C(C)NNC12. The zero-order valence-electron chi connectivity index (χ0n) is 40.5. The van der Waals surface area contributed by atoms with E-state index in [0.29, 0.717) is 59.6 Å². The molecule has 17 heteroatoms. The van der Waals surface area contributed by atoms with Gasteiger partial charge < -0.3 is 20.1 Å². The summed E-state index contributed by atoms with van der Waals surface area (Å²) in [6.07, 6.45) is 3.63. The summed E-state index contributed by atoms with van der Waals surface area (Å²) in [5.74, 6) is 2.08. The lowest BCUT2D eigenvalue weighted by Gasteiger charge is -2.63. The van der Waals surface area contributed by atoms with E-state index >= 15 is 0 Å². The predicted octanol–water partition coefficient (Wildman–Crippen LogP) is 4.71. The average Bonchev–Trinajstić information content (AvgIpc) is 4.00. The largest absolute Gasteiger partial charge is 0.489 e. The van der Waals surface area contributed by atoms with Gasteiger partial charge in [-0.15, -0.1) is 11.8 Å². The molecule has 67 heavy (non-hydrogen) atoms. The molecule has 0 bridgehead atoms. The number of ether oxygens (including phenoxy) is 2. The van der Waals surface area contributed by atoms with Crippen molar-refractivity contribution in [3.63, 3.8) is 0 Å². The quantitative estimate of drug-likeness (QED) is 0.173. The molecule has 7 unspecified atom stereocenters. The maximum atomic E-state index is 13.7. The number of aliphatic imine (C=N–C) groups is 1. The number of likely N-dealkylation sites (tertiary alicyclic amines) is 2. The second-order valence-electron chi connectivity index (χ2n) is 21.3. The summed E-state index contributed by atoms with van der Waals surface area (Å²) in [5, 5.41) is 24.0. The van der Waals surface area contributed by atoms with Crippen LogP contribution in [0.3, 0.4) is 0 Å². The van der Waals surface area contributed by atoms with Crippen LogP contribution in [0.1, 0.15) is 92.2 Å². The average molecular weight is 959 g/mol. The fraction of sp³-hybridized carbons (Fsp3) is 0.680. The minimum Gasteiger partial charge on any atom is -0.489 e. The first-order valence-electron chi connectivity index (χ1n) is 24.7. The Balaban J connectivity index is 0.738. The molecule has 0 radical (unpaired) electrons. The number of nitriles is 1. The normalized spacial score (nSPS) is 35.3. The van der Waals surface area contributed by atoms with Gasteiger partial charge in [-0.05, 0) is 81.0 Å². The van der Waals surface area contributed by atoms with Gasteiger partial charge in [0.2, 0.25) is 11.8 Å². The molecule has 9 rings (SSSR count). The lowest BCUT2D eigenvalue weighted by atomic mass is 9.49. The minimum absolute atomic E-state index is 0.0302. The lowest BCUT2D eigenvalue weighted by Crippen LogP contribution is -2.75. The summed E-state index contributed by atoms with van der Waals surface area (Å²) >= 11 is 8.32. The number of nitrogens with zero attached hydrogens (tertiary/aromatic N) is 5. The molecule has 15 nitrogen and oxygen atoms in total. The van der Waals surface area contributed by atoms with E-state index in [0.717, 1.165) is 62.5 Å². The highest BCUT2D eigenvalue weighted by molar-refractivity contribution is 8.00. The van der Waals surface area contributed by atoms with Gasteiger partial charge >= 0.3 is 0 Å². The number of benzene rings is 2. The Morgan fingerprint density at radius 2 is 1.63 bits per heavy atom. The number of nitrogens with one attached hydrogen (secondary N) is 6. The van der Waals surface area contributed by atoms with Crippen molar-refractivity contribution in [1.29, 1.82) is 5.26 Å². The molecule has 2 aromatic carbocycles. The van der Waals surface area contributed by atoms with Gasteiger partial charge in [0.05, 0.1) is 46.7 Å². The molecule has 0 aromatic heterocycles. The summed E-state index contributed by atoms with van der Waals surface area (Å²) in [6, 6.07) is 16.1. The monoisotopic (exact) mass is 958 g/mol. The number of rotatable bonds is 12. The number of thioether (sulfide) groups is 1. The molecule has 1 aliphatic carbocycles. The van der Waals surface area contributed by atoms with Crippen molar-refractivity contribution >= 4 is 40.9 Å². The van der Waals surface area contributed by atoms with Gasteiger partial charge in [0.1, 0.15) is 36.1 Å². The molecular formula is C50H72ClN11O4S. The maximum absolute atomic E-state index is 13.7. The van der Waals surface area contributed by atoms with E-state index in [4.69, 9.17) is 26.1 Å². The van der Waals surface area contributed by atoms with Crippen molar-refractivity contribution in [3.05, 3.63) is 58.6 Å². The highest BCUT2D eigenvalue weighted by Crippen LogP contribution is 2.56. The molecule has 364 valence electrons. The van der Waals surface area contributed by atoms with Crippen LogP contribution >= 0.6 is 23.4 Å². The Kier molecular flexibility index (Phi) is 14.3. The summed E-state index contributed by atoms with van der Waals surface area (Å²) in [5.41, 5.74) is 8.95. The first-order valence-corrected chi connectivity index (χ1v) is 26.1. The van der Waals surface area contributed by atoms with Gasteiger partial charge in [-0.25, -0.2) is 10.9 Å². The number of carbonyl (C=O) groups excluding carboxylic acids is 2. The number of halogens is 1. The van der Waals surface area contributed by atoms with Crippen molar-refractivity contribution in [2.24, 2.45) is 33.6 Å². The van der Waals surface area contributed by atoms with Crippen LogP contribution in [0.25, 0.3) is 0 Å². The molecule has 5 saturated heterocycles. The van der Waals surface area contributed by atoms with E-state index in [1.165, 1.54) is 0 Å². The Morgan fingerprint density at radius 3 is 2.30 bits per heavy atom. The standard InChI is InChI=1S/C50H72ClN11O4S/c1-9-53-40(63)23-39-43-59-58-30(4)62(43)45-41(28(2)29(3)67-45)42(56-39)31-10-13-35(14-11-31)65-37-18-21-61(27-37)34-16-19-60(20-17-34)48-54-25-33(26-55-48)44(64)57-46-49(5,6)47(50(46,7)8)66-36-15-12-32(24-52)38(51)22-36/h10-15,22,28-30,33-34,37,39,41,43,45-48,54-55,58-59H,9,16-21,23,25-27H2,1-8H3,(H,53,63)(H,57,64)/t28?,29?,30?,33?,37?,39-,41?,43?,45?,46?,47?,48?/m0/s1. The van der Waals surface area contributed by atoms with E-state index in [9.17, 15) is 14.9 Å². The number of hydrogen-bond donors (Lipinski definition) is 6. The van der Waals surface area contributed by atoms with Crippen LogP contribution < -0.4 is 41.6 Å². The van der Waals surface area contributed by atoms with E-state index in [2.05, 4.69) is 126 Å². The van der Waals surface area contributed by atoms with Gasteiger partial charge in [-0.2, -0.15) is 5.26 Å². The van der Waals surface area contributed by atoms with Crippen LogP contribution in [0.2, 0.25) is 5.02 Å². The Labute approximate surface area is 406 Å². The van der Waals surface area contributed by atoms with Crippen molar-refractivity contribution in [1.82, 2.24) is 46.8 Å². The fourth-order valence-electron chi connectivity index (χ4n) is 12.6. The second kappa shape index (κ2) is 19.7. The van der Waals surface area contributed by atoms with Crippen molar-refractivity contribution in [2.75, 3.05) is 45.8 Å². The van der Waals surface area contributed by atoms with E-state index < -0.39 is 0 Å². The molecule has 0 spiro atoms. The minimum atomic E-state index is -0.314. The molecule has 2 aromatic rings. The van der Waals surface area contributed by atoms with Crippen LogP contribution in [0.15, 0.2) is 47.5 Å². The first kappa shape index (κ1) is 48.5. The van der Waals surface area contributed by atoms with E-state index in [1.807, 2.05) is 18.7 Å². The third-order valence-electron chi connectivity index (χ3n) is 16.2. The number of fused-ring (bicyclic) bond motifs is 3. The van der Waals surface area contributed by atoms with Crippen LogP contribution in [0, 0.1) is 39.9 Å². The summed E-state index contributed by atoms with van der Waals surface area (Å²) in [7, 11) is 0. The summed E-state index contributed by atoms with van der Waals surface area (Å²) in [6.45, 7) is 23.2. The number of hydrogen-bond acceptors (Lipinski definition) is 14. The molecule has 7 aliphatic rings. The fourth-order valence-corrected chi connectivity index (χ4v) is 14.7. The molecule has 6 aliphatic heterocycles. The lowest BCUT2D eigenvalue weighted by molar-refractivity contribution is -0.174. The Hall–Kier alpha value is -3.50. The van der Waals surface area contributed by atoms with E-state index in [1.54, 1.807) is 18.2 Å². The van der Waals surface area contributed by atoms with Gasteiger partial charge in [-0.3, -0.25) is 39.9 Å². The molecule has 6 heterocycles. The zero-order chi connectivity index (χ0) is 47.4. The van der Waals surface area contributed by atoms with Gasteiger partial charge in [-0.1, -0.05) is 53.1 Å². The van der Waals surface area contributed by atoms with Crippen molar-refractivity contribution in [2.45, 2.75) is 141 Å². The first-order chi connectivity index (χ1) is 32.1.